The van der Waals surface area contributed by atoms with Gasteiger partial charge in [-0.1, -0.05) is 0 Å². The van der Waals surface area contributed by atoms with Crippen LogP contribution >= 0.6 is 0 Å². The zero-order valence-corrected chi connectivity index (χ0v) is 8.78. The van der Waals surface area contributed by atoms with Crippen molar-refractivity contribution in [1.82, 2.24) is 4.98 Å². The lowest BCUT2D eigenvalue weighted by atomic mass is 10.2. The van der Waals surface area contributed by atoms with Crippen molar-refractivity contribution in [2.75, 3.05) is 0 Å². The first-order valence-corrected chi connectivity index (χ1v) is 5.74. The minimum Gasteiger partial charge on any atom is -0.385 e. The van der Waals surface area contributed by atoms with Gasteiger partial charge in [0.1, 0.15) is 17.2 Å². The highest BCUT2D eigenvalue weighted by molar-refractivity contribution is 7.89. The monoisotopic (exact) mass is 234 g/mol. The van der Waals surface area contributed by atoms with Gasteiger partial charge in [0.15, 0.2) is 0 Å². The van der Waals surface area contributed by atoms with Crippen LogP contribution in [0.3, 0.4) is 0 Å². The highest BCUT2D eigenvalue weighted by atomic mass is 32.2. The second-order valence-electron chi connectivity index (χ2n) is 3.14. The predicted octanol–water partition coefficient (Wildman–Crippen LogP) is -0.0689. The number of rotatable bonds is 3. The largest absolute Gasteiger partial charge is 0.385 e. The maximum Gasteiger partial charge on any atom is 0.214 e. The van der Waals surface area contributed by atoms with E-state index in [0.29, 0.717) is 0 Å². The number of aliphatic hydroxyl groups is 1. The maximum absolute atomic E-state index is 12.5. The Hall–Kier alpha value is -1.05. The third-order valence-corrected chi connectivity index (χ3v) is 3.31. The van der Waals surface area contributed by atoms with E-state index in [0.717, 1.165) is 12.3 Å². The molecule has 1 aromatic rings. The average molecular weight is 234 g/mol. The van der Waals surface area contributed by atoms with Crippen molar-refractivity contribution in [2.24, 2.45) is 5.14 Å². The van der Waals surface area contributed by atoms with Crippen molar-refractivity contribution >= 4 is 10.0 Å². The summed E-state index contributed by atoms with van der Waals surface area (Å²) in [5, 5.41) is 13.2. The first-order chi connectivity index (χ1) is 6.82. The van der Waals surface area contributed by atoms with E-state index in [2.05, 4.69) is 4.98 Å². The van der Waals surface area contributed by atoms with E-state index in [1.54, 1.807) is 0 Å². The Morgan fingerprint density at radius 3 is 2.53 bits per heavy atom. The molecule has 5 nitrogen and oxygen atoms in total. The third-order valence-electron chi connectivity index (χ3n) is 2.02. The zero-order valence-electron chi connectivity index (χ0n) is 7.96. The van der Waals surface area contributed by atoms with Crippen molar-refractivity contribution in [3.63, 3.8) is 0 Å². The van der Waals surface area contributed by atoms with Crippen LogP contribution in [0.2, 0.25) is 0 Å². The lowest BCUT2D eigenvalue weighted by Crippen LogP contribution is -2.31. The lowest BCUT2D eigenvalue weighted by molar-refractivity contribution is 0.171. The molecule has 0 bridgehead atoms. The van der Waals surface area contributed by atoms with Crippen LogP contribution in [0.25, 0.3) is 0 Å². The molecule has 0 saturated heterocycles. The van der Waals surface area contributed by atoms with Crippen molar-refractivity contribution in [2.45, 2.75) is 18.3 Å². The number of aliphatic hydroxyl groups excluding tert-OH is 1. The third kappa shape index (κ3) is 2.95. The van der Waals surface area contributed by atoms with Crippen LogP contribution in [-0.2, 0) is 10.0 Å². The molecule has 0 saturated carbocycles. The van der Waals surface area contributed by atoms with Crippen LogP contribution in [0, 0.1) is 5.82 Å². The number of aromatic nitrogens is 1. The molecule has 0 aliphatic carbocycles. The molecule has 84 valence electrons. The van der Waals surface area contributed by atoms with Crippen LogP contribution in [0.15, 0.2) is 18.3 Å². The molecule has 1 heterocycles. The van der Waals surface area contributed by atoms with Crippen LogP contribution in [-0.4, -0.2) is 23.8 Å². The molecule has 1 aromatic heterocycles. The molecular formula is C8H11FN2O3S. The summed E-state index contributed by atoms with van der Waals surface area (Å²) in [6.07, 6.45) is -0.463. The van der Waals surface area contributed by atoms with Gasteiger partial charge in [0.2, 0.25) is 10.0 Å². The molecule has 15 heavy (non-hydrogen) atoms. The fourth-order valence-corrected chi connectivity index (χ4v) is 1.48. The van der Waals surface area contributed by atoms with Gasteiger partial charge in [-0.15, -0.1) is 0 Å². The molecular weight excluding hydrogens is 223 g/mol. The van der Waals surface area contributed by atoms with Gasteiger partial charge in [-0.2, -0.15) is 0 Å². The smallest absolute Gasteiger partial charge is 0.214 e. The van der Waals surface area contributed by atoms with Gasteiger partial charge >= 0.3 is 0 Å². The van der Waals surface area contributed by atoms with E-state index in [-0.39, 0.29) is 5.69 Å². The minimum absolute atomic E-state index is 0.0675. The fourth-order valence-electron chi connectivity index (χ4n) is 0.982. The van der Waals surface area contributed by atoms with E-state index < -0.39 is 27.2 Å². The molecule has 0 spiro atoms. The van der Waals surface area contributed by atoms with Gasteiger partial charge < -0.3 is 5.11 Å². The van der Waals surface area contributed by atoms with Crippen molar-refractivity contribution in [3.8, 4) is 0 Å². The number of halogens is 1. The first-order valence-electron chi connectivity index (χ1n) is 4.13. The standard InChI is InChI=1S/C8H11FN2O3S/c1-5(15(10,13)14)8(12)7-3-2-6(9)4-11-7/h2-5,8,12H,1H3,(H2,10,13,14)/t5-,8-/m1/s1. The molecule has 2 atom stereocenters. The number of primary sulfonamides is 1. The summed E-state index contributed by atoms with van der Waals surface area (Å²) in [6, 6.07) is 2.29. The topological polar surface area (TPSA) is 93.3 Å². The molecule has 0 amide bonds. The minimum atomic E-state index is -3.84. The number of nitrogens with two attached hydrogens (primary N) is 1. The summed E-state index contributed by atoms with van der Waals surface area (Å²) in [5.74, 6) is -0.561. The second kappa shape index (κ2) is 4.21. The van der Waals surface area contributed by atoms with E-state index in [4.69, 9.17) is 5.14 Å². The van der Waals surface area contributed by atoms with E-state index in [1.807, 2.05) is 0 Å². The number of hydrogen-bond acceptors (Lipinski definition) is 4. The Morgan fingerprint density at radius 2 is 2.13 bits per heavy atom. The number of pyridine rings is 1. The Labute approximate surface area is 86.8 Å². The van der Waals surface area contributed by atoms with Gasteiger partial charge in [0, 0.05) is 0 Å². The van der Waals surface area contributed by atoms with Crippen LogP contribution < -0.4 is 5.14 Å². The number of nitrogens with zero attached hydrogens (tertiary/aromatic N) is 1. The second-order valence-corrected chi connectivity index (χ2v) is 5.06. The lowest BCUT2D eigenvalue weighted by Gasteiger charge is -2.15. The van der Waals surface area contributed by atoms with Crippen LogP contribution in [0.4, 0.5) is 4.39 Å². The molecule has 0 unspecified atom stereocenters. The molecule has 0 fully saturated rings. The van der Waals surface area contributed by atoms with Crippen molar-refractivity contribution in [3.05, 3.63) is 29.8 Å². The van der Waals surface area contributed by atoms with Gasteiger partial charge in [-0.05, 0) is 19.1 Å². The van der Waals surface area contributed by atoms with Gasteiger partial charge in [0.25, 0.3) is 0 Å². The Balaban J connectivity index is 2.95. The molecule has 3 N–H and O–H groups in total. The fraction of sp³-hybridized carbons (Fsp3) is 0.375. The van der Waals surface area contributed by atoms with Gasteiger partial charge in [-0.3, -0.25) is 4.98 Å². The molecule has 0 aromatic carbocycles. The summed E-state index contributed by atoms with van der Waals surface area (Å²) in [6.45, 7) is 1.25. The summed E-state index contributed by atoms with van der Waals surface area (Å²) in [5.41, 5.74) is 0.0675. The average Bonchev–Trinajstić information content (AvgIpc) is 2.15. The highest BCUT2D eigenvalue weighted by Crippen LogP contribution is 2.18. The van der Waals surface area contributed by atoms with Crippen LogP contribution in [0.5, 0.6) is 0 Å². The zero-order chi connectivity index (χ0) is 11.6. The highest BCUT2D eigenvalue weighted by Gasteiger charge is 2.26. The molecule has 7 heteroatoms. The maximum atomic E-state index is 12.5. The summed E-state index contributed by atoms with van der Waals surface area (Å²) in [4.78, 5) is 3.57. The van der Waals surface area contributed by atoms with Crippen molar-refractivity contribution in [1.29, 1.82) is 0 Å². The summed E-state index contributed by atoms with van der Waals surface area (Å²) < 4.78 is 34.4. The number of sulfonamides is 1. The molecule has 0 aliphatic rings. The van der Waals surface area contributed by atoms with E-state index >= 15 is 0 Å². The molecule has 1 rings (SSSR count). The van der Waals surface area contributed by atoms with Crippen molar-refractivity contribution < 1.29 is 17.9 Å². The molecule has 0 radical (unpaired) electrons. The summed E-state index contributed by atoms with van der Waals surface area (Å²) in [7, 11) is -3.84. The van der Waals surface area contributed by atoms with Gasteiger partial charge in [-0.25, -0.2) is 17.9 Å². The Kier molecular flexibility index (Phi) is 3.38. The normalized spacial score (nSPS) is 16.0. The van der Waals surface area contributed by atoms with E-state index in [9.17, 15) is 17.9 Å². The Morgan fingerprint density at radius 1 is 1.53 bits per heavy atom. The summed E-state index contributed by atoms with van der Waals surface area (Å²) >= 11 is 0. The Bertz CT molecular complexity index is 432. The van der Waals surface area contributed by atoms with E-state index in [1.165, 1.54) is 13.0 Å². The predicted molar refractivity (Wildman–Crippen MR) is 51.7 cm³/mol. The molecule has 0 aliphatic heterocycles. The van der Waals surface area contributed by atoms with Gasteiger partial charge in [0.05, 0.1) is 11.9 Å². The SMILES string of the molecule is C[C@H]([C@@H](O)c1ccc(F)cn1)S(N)(=O)=O. The number of hydrogen-bond donors (Lipinski definition) is 2. The quantitative estimate of drug-likeness (QED) is 0.765. The first kappa shape index (κ1) is 12.0. The van der Waals surface area contributed by atoms with Crippen LogP contribution in [0.1, 0.15) is 18.7 Å².